The third-order valence-corrected chi connectivity index (χ3v) is 8.04. The van der Waals surface area contributed by atoms with Crippen LogP contribution in [-0.4, -0.2) is 24.2 Å². The number of anilines is 1. The van der Waals surface area contributed by atoms with E-state index < -0.39 is 5.82 Å². The van der Waals surface area contributed by atoms with Gasteiger partial charge in [0.1, 0.15) is 0 Å². The Hall–Kier alpha value is -3.11. The van der Waals surface area contributed by atoms with E-state index in [0.717, 1.165) is 18.9 Å². The molecule has 0 bridgehead atoms. The third kappa shape index (κ3) is 13.0. The van der Waals surface area contributed by atoms with Gasteiger partial charge in [0.05, 0.1) is 0 Å². The first kappa shape index (κ1) is 37.9. The lowest BCUT2D eigenvalue weighted by atomic mass is 9.77. The van der Waals surface area contributed by atoms with Gasteiger partial charge in [-0.1, -0.05) is 134 Å². The number of hydrogen-bond donors (Lipinski definition) is 3. The van der Waals surface area contributed by atoms with Gasteiger partial charge in [-0.15, -0.1) is 6.58 Å². The highest BCUT2D eigenvalue weighted by Gasteiger charge is 2.31. The van der Waals surface area contributed by atoms with Gasteiger partial charge in [0.15, 0.2) is 11.6 Å². The molecule has 2 aromatic rings. The molecule has 2 aromatic carbocycles. The Bertz CT molecular complexity index is 1120. The van der Waals surface area contributed by atoms with Crippen LogP contribution in [0, 0.1) is 11.7 Å². The normalized spacial score (nSPS) is 15.9. The quantitative estimate of drug-likeness (QED) is 0.228. The zero-order chi connectivity index (χ0) is 32.1. The maximum Gasteiger partial charge on any atom is 0.164 e. The zero-order valence-electron chi connectivity index (χ0n) is 27.9. The van der Waals surface area contributed by atoms with Gasteiger partial charge in [-0.05, 0) is 54.0 Å². The van der Waals surface area contributed by atoms with Crippen molar-refractivity contribution in [3.63, 3.8) is 0 Å². The largest absolute Gasteiger partial charge is 0.505 e. The van der Waals surface area contributed by atoms with Crippen LogP contribution in [0.4, 0.5) is 10.1 Å². The molecule has 0 amide bonds. The van der Waals surface area contributed by atoms with Gasteiger partial charge in [-0.25, -0.2) is 4.39 Å². The molecule has 3 N–H and O–H groups in total. The molecule has 0 radical (unpaired) electrons. The highest BCUT2D eigenvalue weighted by atomic mass is 19.1. The molecule has 4 heteroatoms. The number of benzene rings is 2. The maximum absolute atomic E-state index is 12.4. The molecule has 1 saturated carbocycles. The second kappa shape index (κ2) is 21.6. The van der Waals surface area contributed by atoms with Crippen LogP contribution in [0.3, 0.4) is 0 Å². The molecule has 1 fully saturated rings. The Morgan fingerprint density at radius 2 is 1.70 bits per heavy atom. The molecule has 238 valence electrons. The number of allylic oxidation sites excluding steroid dienone is 2. The van der Waals surface area contributed by atoms with Crippen molar-refractivity contribution in [2.24, 2.45) is 5.92 Å². The van der Waals surface area contributed by atoms with Gasteiger partial charge in [-0.2, -0.15) is 0 Å². The van der Waals surface area contributed by atoms with Gasteiger partial charge in [0.25, 0.3) is 0 Å². The van der Waals surface area contributed by atoms with Crippen LogP contribution in [0.25, 0.3) is 6.08 Å². The molecule has 0 saturated heterocycles. The van der Waals surface area contributed by atoms with Crippen molar-refractivity contribution in [2.75, 3.05) is 18.9 Å². The van der Waals surface area contributed by atoms with Crippen molar-refractivity contribution in [2.45, 2.75) is 104 Å². The summed E-state index contributed by atoms with van der Waals surface area (Å²) >= 11 is 0. The fourth-order valence-corrected chi connectivity index (χ4v) is 5.75. The fraction of sp³-hybridized carbons (Fsp3) is 0.487. The van der Waals surface area contributed by atoms with E-state index in [1.54, 1.807) is 13.1 Å². The molecule has 3 nitrogen and oxygen atoms in total. The molecule has 0 spiro atoms. The van der Waals surface area contributed by atoms with E-state index >= 15 is 0 Å². The molecular formula is C39H59FN2O. The molecule has 0 heterocycles. The number of phenolic OH excluding ortho intramolecular Hbond substituents is 1. The Kier molecular flexibility index (Phi) is 19.0. The average molecular weight is 591 g/mol. The minimum atomic E-state index is -0.598. The summed E-state index contributed by atoms with van der Waals surface area (Å²) < 4.78 is 12.4. The molecule has 1 atom stereocenters. The van der Waals surface area contributed by atoms with Crippen LogP contribution in [0.1, 0.15) is 109 Å². The number of phenols is 1. The van der Waals surface area contributed by atoms with Gasteiger partial charge < -0.3 is 15.7 Å². The van der Waals surface area contributed by atoms with Crippen LogP contribution in [0.5, 0.6) is 5.75 Å². The highest BCUT2D eigenvalue weighted by molar-refractivity contribution is 5.50. The van der Waals surface area contributed by atoms with Crippen LogP contribution in [0.2, 0.25) is 0 Å². The molecule has 1 unspecified atom stereocenters. The average Bonchev–Trinajstić information content (AvgIpc) is 3.54. The smallest absolute Gasteiger partial charge is 0.164 e. The van der Waals surface area contributed by atoms with Crippen molar-refractivity contribution in [3.05, 3.63) is 102 Å². The van der Waals surface area contributed by atoms with Crippen molar-refractivity contribution in [1.29, 1.82) is 0 Å². The first-order valence-electron chi connectivity index (χ1n) is 16.5. The summed E-state index contributed by atoms with van der Waals surface area (Å²) in [6.45, 7) is 19.5. The highest BCUT2D eigenvalue weighted by Crippen LogP contribution is 2.35. The molecule has 0 aliphatic heterocycles. The summed E-state index contributed by atoms with van der Waals surface area (Å²) in [6, 6.07) is 12.8. The third-order valence-electron chi connectivity index (χ3n) is 8.04. The lowest BCUT2D eigenvalue weighted by Crippen LogP contribution is -2.47. The minimum absolute atomic E-state index is 0.0854. The topological polar surface area (TPSA) is 44.3 Å². The Morgan fingerprint density at radius 1 is 1.02 bits per heavy atom. The standard InChI is InChI=1S/C24H33N.C7H8FNO.C6H12.C2H6/c1-5-16-24(17-6-2,25-18-7-3)23-14-12-21(13-15-23)22-11-9-10-20(8-4)19-22;1-9-5-2-3-6(8)7(10)4-5;1-6-4-2-3-5-6;1-2/h7-12,14-15,19,21,25H,3-6,13,16-18H2,1-2H3;2-4,9-10H,1H3;6H,2-5H2,1H3;1-2H3. The minimum Gasteiger partial charge on any atom is -0.505 e. The summed E-state index contributed by atoms with van der Waals surface area (Å²) in [5.41, 5.74) is 4.80. The molecule has 2 aliphatic carbocycles. The molecule has 0 aromatic heterocycles. The zero-order valence-corrected chi connectivity index (χ0v) is 27.9. The van der Waals surface area contributed by atoms with E-state index in [0.29, 0.717) is 11.6 Å². The van der Waals surface area contributed by atoms with Gasteiger partial charge in [0.2, 0.25) is 0 Å². The van der Waals surface area contributed by atoms with Gasteiger partial charge in [-0.3, -0.25) is 0 Å². The van der Waals surface area contributed by atoms with E-state index in [4.69, 9.17) is 5.11 Å². The Balaban J connectivity index is 0.000000416. The number of nitrogens with one attached hydrogen (secondary N) is 2. The second-order valence-corrected chi connectivity index (χ2v) is 11.3. The summed E-state index contributed by atoms with van der Waals surface area (Å²) in [5, 5.41) is 15.4. The van der Waals surface area contributed by atoms with Gasteiger partial charge >= 0.3 is 0 Å². The van der Waals surface area contributed by atoms with Crippen LogP contribution in [0.15, 0.2) is 85.5 Å². The van der Waals surface area contributed by atoms with E-state index in [9.17, 15) is 4.39 Å². The maximum atomic E-state index is 12.4. The summed E-state index contributed by atoms with van der Waals surface area (Å²) in [5.74, 6) is 0.583. The number of halogens is 1. The SMILES string of the molecule is C=CCNC(CCC)(CCC)C1=CCC(c2cccc(C=C)c2)C=C1.CC.CC1CCCC1.CNc1ccc(F)c(O)c1. The predicted molar refractivity (Wildman–Crippen MR) is 188 cm³/mol. The molecule has 4 rings (SSSR count). The van der Waals surface area contributed by atoms with Crippen molar-refractivity contribution < 1.29 is 9.50 Å². The van der Waals surface area contributed by atoms with Gasteiger partial charge in [0, 0.05) is 36.8 Å². The van der Waals surface area contributed by atoms with Crippen molar-refractivity contribution >= 4 is 11.8 Å². The fourth-order valence-electron chi connectivity index (χ4n) is 5.75. The van der Waals surface area contributed by atoms with Crippen LogP contribution in [-0.2, 0) is 0 Å². The summed E-state index contributed by atoms with van der Waals surface area (Å²) in [7, 11) is 1.70. The van der Waals surface area contributed by atoms with E-state index in [1.165, 1.54) is 80.2 Å². The molecular weight excluding hydrogens is 531 g/mol. The monoisotopic (exact) mass is 590 g/mol. The van der Waals surface area contributed by atoms with Crippen LogP contribution < -0.4 is 10.6 Å². The van der Waals surface area contributed by atoms with E-state index in [-0.39, 0.29) is 11.3 Å². The summed E-state index contributed by atoms with van der Waals surface area (Å²) in [6.07, 6.45) is 22.8. The van der Waals surface area contributed by atoms with Crippen LogP contribution >= 0.6 is 0 Å². The lowest BCUT2D eigenvalue weighted by Gasteiger charge is -2.38. The lowest BCUT2D eigenvalue weighted by molar-refractivity contribution is 0.341. The number of rotatable bonds is 11. The predicted octanol–water partition coefficient (Wildman–Crippen LogP) is 11.2. The molecule has 2 aliphatic rings. The summed E-state index contributed by atoms with van der Waals surface area (Å²) in [4.78, 5) is 0. The Labute approximate surface area is 263 Å². The van der Waals surface area contributed by atoms with Crippen molar-refractivity contribution in [3.8, 4) is 5.75 Å². The number of hydrogen-bond acceptors (Lipinski definition) is 3. The molecule has 43 heavy (non-hydrogen) atoms. The first-order valence-corrected chi connectivity index (χ1v) is 16.5. The van der Waals surface area contributed by atoms with Crippen molar-refractivity contribution in [1.82, 2.24) is 5.32 Å². The Morgan fingerprint density at radius 3 is 2.16 bits per heavy atom. The van der Waals surface area contributed by atoms with E-state index in [1.807, 2.05) is 26.0 Å². The van der Waals surface area contributed by atoms with E-state index in [2.05, 4.69) is 87.1 Å². The first-order chi connectivity index (χ1) is 20.8. The second-order valence-electron chi connectivity index (χ2n) is 11.3. The number of aromatic hydroxyl groups is 1.